The van der Waals surface area contributed by atoms with Crippen LogP contribution in [0.3, 0.4) is 0 Å². The van der Waals surface area contributed by atoms with Gasteiger partial charge in [-0.15, -0.1) is 0 Å². The van der Waals surface area contributed by atoms with E-state index in [1.54, 1.807) is 0 Å². The normalized spacial score (nSPS) is 14.2. The van der Waals surface area contributed by atoms with Gasteiger partial charge in [-0.1, -0.05) is 152 Å². The Bertz CT molecular complexity index is 3080. The predicted molar refractivity (Wildman–Crippen MR) is 232 cm³/mol. The van der Waals surface area contributed by atoms with E-state index in [0.29, 0.717) is 0 Å². The number of aliphatic imine (C=N–C) groups is 2. The number of fused-ring (bicyclic) bond motifs is 6. The van der Waals surface area contributed by atoms with E-state index < -0.39 is 0 Å². The number of hydrogen-bond donors (Lipinski definition) is 1. The van der Waals surface area contributed by atoms with Gasteiger partial charge in [-0.25, -0.2) is 9.98 Å². The summed E-state index contributed by atoms with van der Waals surface area (Å²) in [5, 5.41) is 8.56. The first kappa shape index (κ1) is 32.0. The fourth-order valence-corrected chi connectivity index (χ4v) is 8.42. The van der Waals surface area contributed by atoms with E-state index in [1.807, 2.05) is 36.4 Å². The highest BCUT2D eigenvalue weighted by molar-refractivity contribution is 6.17. The molecule has 2 aromatic heterocycles. The molecule has 0 aliphatic carbocycles. The van der Waals surface area contributed by atoms with Crippen LogP contribution in [0.1, 0.15) is 22.9 Å². The summed E-state index contributed by atoms with van der Waals surface area (Å²) in [4.78, 5) is 10.1. The first-order chi connectivity index (χ1) is 27.8. The molecule has 1 aliphatic rings. The van der Waals surface area contributed by atoms with Crippen LogP contribution in [0.4, 0.5) is 0 Å². The molecule has 5 nitrogen and oxygen atoms in total. The van der Waals surface area contributed by atoms with E-state index in [9.17, 15) is 0 Å². The lowest BCUT2D eigenvalue weighted by Crippen LogP contribution is -2.33. The van der Waals surface area contributed by atoms with Gasteiger partial charge in [-0.3, -0.25) is 0 Å². The van der Waals surface area contributed by atoms with Crippen LogP contribution < -0.4 is 5.32 Å². The highest BCUT2D eigenvalue weighted by atomic mass is 15.2. The molecule has 1 aliphatic heterocycles. The fraction of sp³-hybridized carbons (Fsp3) is 0.0196. The summed E-state index contributed by atoms with van der Waals surface area (Å²) in [5.41, 5.74) is 12.4. The van der Waals surface area contributed by atoms with Crippen LogP contribution >= 0.6 is 0 Å². The summed E-state index contributed by atoms with van der Waals surface area (Å²) in [6.45, 7) is 0. The van der Waals surface area contributed by atoms with E-state index in [4.69, 9.17) is 9.98 Å². The molecule has 0 bridgehead atoms. The number of hydrogen-bond acceptors (Lipinski definition) is 3. The molecule has 0 saturated heterocycles. The second kappa shape index (κ2) is 13.1. The minimum absolute atomic E-state index is 0.295. The Kier molecular flexibility index (Phi) is 7.49. The topological polar surface area (TPSA) is 46.6 Å². The number of aromatic nitrogens is 2. The number of para-hydroxylation sites is 3. The molecule has 1 unspecified atom stereocenters. The summed E-state index contributed by atoms with van der Waals surface area (Å²) in [6, 6.07) is 71.1. The zero-order chi connectivity index (χ0) is 37.0. The van der Waals surface area contributed by atoms with Crippen molar-refractivity contribution in [2.45, 2.75) is 6.17 Å². The SMILES string of the molecule is c1ccc(C2=NC(c3ccc(-c4cccc5c4c4cc(-n6c7ccccc7c7ccccc76)ccc4n5-c4ccccc4)cc3)NC(c3ccccc3)=N2)cc1. The average Bonchev–Trinajstić information content (AvgIpc) is 3.80. The highest BCUT2D eigenvalue weighted by Crippen LogP contribution is 2.41. The zero-order valence-corrected chi connectivity index (χ0v) is 30.4. The monoisotopic (exact) mass is 717 g/mol. The van der Waals surface area contributed by atoms with Gasteiger partial charge in [-0.05, 0) is 65.2 Å². The number of rotatable bonds is 6. The Morgan fingerprint density at radius 2 is 0.982 bits per heavy atom. The number of benzene rings is 8. The summed E-state index contributed by atoms with van der Waals surface area (Å²) in [6.07, 6.45) is -0.295. The number of nitrogens with one attached hydrogen (secondary N) is 1. The van der Waals surface area contributed by atoms with E-state index in [1.165, 1.54) is 49.2 Å². The molecule has 8 aromatic carbocycles. The fourth-order valence-electron chi connectivity index (χ4n) is 8.42. The molecule has 264 valence electrons. The summed E-state index contributed by atoms with van der Waals surface area (Å²) >= 11 is 0. The molecule has 0 amide bonds. The van der Waals surface area contributed by atoms with Gasteiger partial charge in [0.15, 0.2) is 5.84 Å². The van der Waals surface area contributed by atoms with Crippen LogP contribution in [0.5, 0.6) is 0 Å². The lowest BCUT2D eigenvalue weighted by molar-refractivity contribution is 0.674. The molecule has 3 heterocycles. The van der Waals surface area contributed by atoms with Crippen LogP contribution in [-0.2, 0) is 0 Å². The van der Waals surface area contributed by atoms with E-state index in [2.05, 4.69) is 178 Å². The van der Waals surface area contributed by atoms with Gasteiger partial charge in [0, 0.05) is 44.0 Å². The number of nitrogens with zero attached hydrogens (tertiary/aromatic N) is 4. The van der Waals surface area contributed by atoms with Crippen molar-refractivity contribution in [3.8, 4) is 22.5 Å². The van der Waals surface area contributed by atoms with Crippen molar-refractivity contribution in [3.05, 3.63) is 217 Å². The standard InChI is InChI=1S/C51H35N5/c1-4-15-35(16-5-1)49-52-50(36-17-6-2-7-18-36)54-51(53-49)37-29-27-34(28-30-37)40-23-14-26-47-48(40)43-33-39(31-32-46(43)55(47)38-19-8-3-9-20-38)56-44-24-12-10-21-41(44)42-22-11-13-25-45(42)56/h1-33,51H,(H,52,53,54). The van der Waals surface area contributed by atoms with Crippen LogP contribution in [0.15, 0.2) is 210 Å². The average molecular weight is 718 g/mol. The molecule has 0 spiro atoms. The minimum Gasteiger partial charge on any atom is -0.344 e. The third kappa shape index (κ3) is 5.24. The molecule has 1 atom stereocenters. The first-order valence-electron chi connectivity index (χ1n) is 19.0. The number of amidine groups is 2. The highest BCUT2D eigenvalue weighted by Gasteiger charge is 2.22. The molecular weight excluding hydrogens is 683 g/mol. The summed E-state index contributed by atoms with van der Waals surface area (Å²) in [5.74, 6) is 1.53. The second-order valence-corrected chi connectivity index (χ2v) is 14.3. The van der Waals surface area contributed by atoms with Gasteiger partial charge in [-0.2, -0.15) is 0 Å². The predicted octanol–water partition coefficient (Wildman–Crippen LogP) is 12.0. The van der Waals surface area contributed by atoms with Crippen LogP contribution in [0, 0.1) is 0 Å². The third-order valence-electron chi connectivity index (χ3n) is 11.0. The maximum Gasteiger partial charge on any atom is 0.159 e. The lowest BCUT2D eigenvalue weighted by atomic mass is 9.97. The maximum absolute atomic E-state index is 5.12. The van der Waals surface area contributed by atoms with E-state index >= 15 is 0 Å². The molecule has 0 saturated carbocycles. The second-order valence-electron chi connectivity index (χ2n) is 14.3. The molecule has 11 rings (SSSR count). The zero-order valence-electron chi connectivity index (χ0n) is 30.4. The van der Waals surface area contributed by atoms with Gasteiger partial charge < -0.3 is 14.5 Å². The first-order valence-corrected chi connectivity index (χ1v) is 19.0. The third-order valence-corrected chi connectivity index (χ3v) is 11.0. The van der Waals surface area contributed by atoms with Gasteiger partial charge in [0.1, 0.15) is 12.0 Å². The van der Waals surface area contributed by atoms with Crippen molar-refractivity contribution < 1.29 is 0 Å². The largest absolute Gasteiger partial charge is 0.344 e. The maximum atomic E-state index is 5.12. The van der Waals surface area contributed by atoms with E-state index in [-0.39, 0.29) is 6.17 Å². The molecular formula is C51H35N5. The Morgan fingerprint density at radius 3 is 1.68 bits per heavy atom. The molecule has 5 heteroatoms. The van der Waals surface area contributed by atoms with Gasteiger partial charge in [0.25, 0.3) is 0 Å². The Morgan fingerprint density at radius 1 is 0.411 bits per heavy atom. The summed E-state index contributed by atoms with van der Waals surface area (Å²) < 4.78 is 4.80. The summed E-state index contributed by atoms with van der Waals surface area (Å²) in [7, 11) is 0. The quantitative estimate of drug-likeness (QED) is 0.183. The van der Waals surface area contributed by atoms with Gasteiger partial charge >= 0.3 is 0 Å². The van der Waals surface area contributed by atoms with E-state index in [0.717, 1.165) is 45.3 Å². The molecule has 0 fully saturated rings. The Labute approximate surface area is 324 Å². The van der Waals surface area contributed by atoms with Crippen molar-refractivity contribution in [2.75, 3.05) is 0 Å². The van der Waals surface area contributed by atoms with Crippen molar-refractivity contribution in [3.63, 3.8) is 0 Å². The van der Waals surface area contributed by atoms with Crippen molar-refractivity contribution in [1.29, 1.82) is 0 Å². The van der Waals surface area contributed by atoms with Gasteiger partial charge in [0.2, 0.25) is 0 Å². The van der Waals surface area contributed by atoms with Gasteiger partial charge in [0.05, 0.1) is 22.1 Å². The Balaban J connectivity index is 1.07. The lowest BCUT2D eigenvalue weighted by Gasteiger charge is -2.24. The van der Waals surface area contributed by atoms with Crippen molar-refractivity contribution >= 4 is 55.3 Å². The van der Waals surface area contributed by atoms with Crippen LogP contribution in [0.2, 0.25) is 0 Å². The molecule has 10 aromatic rings. The minimum atomic E-state index is -0.295. The van der Waals surface area contributed by atoms with Crippen molar-refractivity contribution in [2.24, 2.45) is 9.98 Å². The van der Waals surface area contributed by atoms with Crippen molar-refractivity contribution in [1.82, 2.24) is 14.5 Å². The molecule has 1 N–H and O–H groups in total. The van der Waals surface area contributed by atoms with Crippen LogP contribution in [0.25, 0.3) is 66.1 Å². The molecule has 56 heavy (non-hydrogen) atoms. The Hall–Kier alpha value is -7.50. The molecule has 0 radical (unpaired) electrons. The smallest absolute Gasteiger partial charge is 0.159 e. The van der Waals surface area contributed by atoms with Crippen LogP contribution in [-0.4, -0.2) is 20.8 Å².